The number of aromatic carboxylic acids is 1. The first kappa shape index (κ1) is 22.6. The van der Waals surface area contributed by atoms with Crippen molar-refractivity contribution >= 4 is 63.8 Å². The summed E-state index contributed by atoms with van der Waals surface area (Å²) in [5, 5.41) is 11.5. The normalized spacial score (nSPS) is 15.1. The van der Waals surface area contributed by atoms with E-state index in [1.54, 1.807) is 30.3 Å². The van der Waals surface area contributed by atoms with Crippen LogP contribution in [0.5, 0.6) is 5.75 Å². The number of thiocarbonyl (C=S) groups is 1. The van der Waals surface area contributed by atoms with Crippen molar-refractivity contribution in [1.29, 1.82) is 0 Å². The first-order chi connectivity index (χ1) is 14.8. The second-order valence-corrected chi connectivity index (χ2v) is 8.05. The van der Waals surface area contributed by atoms with Crippen LogP contribution in [0, 0.1) is 3.57 Å². The van der Waals surface area contributed by atoms with E-state index in [0.717, 1.165) is 9.13 Å². The Morgan fingerprint density at radius 1 is 1.23 bits per heavy atom. The molecule has 0 spiro atoms. The number of hydrogen-bond acceptors (Lipinski definition) is 5. The molecular weight excluding hydrogens is 531 g/mol. The number of nitrogens with one attached hydrogen (secondary N) is 1. The van der Waals surface area contributed by atoms with Crippen molar-refractivity contribution in [3.63, 3.8) is 0 Å². The van der Waals surface area contributed by atoms with Crippen LogP contribution in [-0.4, -0.2) is 39.4 Å². The molecule has 0 bridgehead atoms. The molecule has 1 aliphatic heterocycles. The van der Waals surface area contributed by atoms with Crippen molar-refractivity contribution < 1.29 is 24.2 Å². The second-order valence-electron chi connectivity index (χ2n) is 6.50. The van der Waals surface area contributed by atoms with E-state index in [-0.39, 0.29) is 29.4 Å². The summed E-state index contributed by atoms with van der Waals surface area (Å²) in [6, 6.07) is 11.7. The molecule has 2 aromatic carbocycles. The molecule has 0 radical (unpaired) electrons. The summed E-state index contributed by atoms with van der Waals surface area (Å²) in [5.41, 5.74) is 1.69. The van der Waals surface area contributed by atoms with Crippen LogP contribution in [0.1, 0.15) is 21.5 Å². The minimum Gasteiger partial charge on any atom is -0.488 e. The van der Waals surface area contributed by atoms with Gasteiger partial charge in [-0.25, -0.2) is 4.79 Å². The topological polar surface area (TPSA) is 95.9 Å². The molecule has 3 rings (SSSR count). The van der Waals surface area contributed by atoms with Crippen molar-refractivity contribution in [2.24, 2.45) is 0 Å². The molecule has 0 saturated carbocycles. The molecule has 158 valence electrons. The Hall–Kier alpha value is -3.05. The van der Waals surface area contributed by atoms with E-state index in [0.29, 0.717) is 11.3 Å². The van der Waals surface area contributed by atoms with Gasteiger partial charge in [-0.3, -0.25) is 19.8 Å². The fourth-order valence-electron chi connectivity index (χ4n) is 2.78. The van der Waals surface area contributed by atoms with Gasteiger partial charge in [0, 0.05) is 6.54 Å². The fraction of sp³-hybridized carbons (Fsp3) is 0.0909. The summed E-state index contributed by atoms with van der Waals surface area (Å²) >= 11 is 7.15. The Labute approximate surface area is 197 Å². The third-order valence-corrected chi connectivity index (χ3v) is 5.53. The minimum absolute atomic E-state index is 0.0153. The van der Waals surface area contributed by atoms with Gasteiger partial charge in [-0.2, -0.15) is 0 Å². The first-order valence-electron chi connectivity index (χ1n) is 9.04. The molecular formula is C22H17IN2O5S. The molecule has 7 nitrogen and oxygen atoms in total. The van der Waals surface area contributed by atoms with Crippen LogP contribution in [0.4, 0.5) is 0 Å². The lowest BCUT2D eigenvalue weighted by Gasteiger charge is -2.27. The summed E-state index contributed by atoms with van der Waals surface area (Å²) in [6.45, 7) is 4.07. The highest BCUT2D eigenvalue weighted by atomic mass is 127. The van der Waals surface area contributed by atoms with Crippen LogP contribution in [0.2, 0.25) is 0 Å². The Kier molecular flexibility index (Phi) is 7.18. The third-order valence-electron chi connectivity index (χ3n) is 4.36. The van der Waals surface area contributed by atoms with Crippen LogP contribution >= 0.6 is 34.8 Å². The molecule has 2 amide bonds. The maximum Gasteiger partial charge on any atom is 0.335 e. The standard InChI is InChI=1S/C22H17IN2O5S/c1-2-9-25-20(27)16(19(26)24-22(25)31)10-14-5-8-18(17(23)11-14)30-12-13-3-6-15(7-4-13)21(28)29/h2-8,10-11H,1,9,12H2,(H,28,29)(H,24,26,31)/b16-10+. The monoisotopic (exact) mass is 548 g/mol. The number of carboxylic acid groups (broad SMARTS) is 1. The molecule has 0 aromatic heterocycles. The van der Waals surface area contributed by atoms with E-state index in [1.165, 1.54) is 29.2 Å². The lowest BCUT2D eigenvalue weighted by Crippen LogP contribution is -2.53. The van der Waals surface area contributed by atoms with E-state index >= 15 is 0 Å². The zero-order valence-electron chi connectivity index (χ0n) is 16.1. The molecule has 2 N–H and O–H groups in total. The number of carbonyl (C=O) groups excluding carboxylic acids is 2. The van der Waals surface area contributed by atoms with Crippen LogP contribution in [0.3, 0.4) is 0 Å². The first-order valence-corrected chi connectivity index (χ1v) is 10.5. The van der Waals surface area contributed by atoms with Crippen molar-refractivity contribution in [1.82, 2.24) is 10.2 Å². The van der Waals surface area contributed by atoms with E-state index in [4.69, 9.17) is 22.1 Å². The fourth-order valence-corrected chi connectivity index (χ4v) is 3.73. The largest absolute Gasteiger partial charge is 0.488 e. The molecule has 1 saturated heterocycles. The van der Waals surface area contributed by atoms with Crippen molar-refractivity contribution in [2.45, 2.75) is 6.61 Å². The number of benzene rings is 2. The lowest BCUT2D eigenvalue weighted by atomic mass is 10.1. The van der Waals surface area contributed by atoms with Gasteiger partial charge in [0.2, 0.25) is 0 Å². The number of amides is 2. The van der Waals surface area contributed by atoms with E-state index in [1.807, 2.05) is 0 Å². The average Bonchev–Trinajstić information content (AvgIpc) is 2.74. The number of carboxylic acids is 1. The van der Waals surface area contributed by atoms with Gasteiger partial charge in [-0.1, -0.05) is 24.3 Å². The van der Waals surface area contributed by atoms with Crippen molar-refractivity contribution in [3.8, 4) is 5.75 Å². The predicted molar refractivity (Wildman–Crippen MR) is 128 cm³/mol. The molecule has 0 atom stereocenters. The van der Waals surface area contributed by atoms with Crippen LogP contribution < -0.4 is 10.1 Å². The van der Waals surface area contributed by atoms with Gasteiger partial charge >= 0.3 is 5.97 Å². The average molecular weight is 548 g/mol. The highest BCUT2D eigenvalue weighted by Gasteiger charge is 2.32. The minimum atomic E-state index is -0.980. The van der Waals surface area contributed by atoms with Gasteiger partial charge in [0.05, 0.1) is 9.13 Å². The quantitative estimate of drug-likeness (QED) is 0.181. The van der Waals surface area contributed by atoms with Crippen LogP contribution in [-0.2, 0) is 16.2 Å². The summed E-state index contributed by atoms with van der Waals surface area (Å²) in [7, 11) is 0. The molecule has 1 heterocycles. The molecule has 0 unspecified atom stereocenters. The zero-order chi connectivity index (χ0) is 22.5. The highest BCUT2D eigenvalue weighted by molar-refractivity contribution is 14.1. The maximum atomic E-state index is 12.6. The summed E-state index contributed by atoms with van der Waals surface area (Å²) in [5.74, 6) is -1.38. The number of rotatable bonds is 7. The Morgan fingerprint density at radius 2 is 1.94 bits per heavy atom. The molecule has 31 heavy (non-hydrogen) atoms. The maximum absolute atomic E-state index is 12.6. The molecule has 1 fully saturated rings. The van der Waals surface area contributed by atoms with Gasteiger partial charge in [0.1, 0.15) is 17.9 Å². The zero-order valence-corrected chi connectivity index (χ0v) is 19.1. The molecule has 0 aliphatic carbocycles. The number of hydrogen-bond donors (Lipinski definition) is 2. The summed E-state index contributed by atoms with van der Waals surface area (Å²) < 4.78 is 6.60. The summed E-state index contributed by atoms with van der Waals surface area (Å²) in [6.07, 6.45) is 3.04. The highest BCUT2D eigenvalue weighted by Crippen LogP contribution is 2.25. The van der Waals surface area contributed by atoms with Gasteiger partial charge in [-0.05, 0) is 76.3 Å². The molecule has 2 aromatic rings. The van der Waals surface area contributed by atoms with E-state index < -0.39 is 17.8 Å². The van der Waals surface area contributed by atoms with Gasteiger partial charge in [0.25, 0.3) is 11.8 Å². The Bertz CT molecular complexity index is 1110. The van der Waals surface area contributed by atoms with Crippen LogP contribution in [0.15, 0.2) is 60.7 Å². The number of ether oxygens (including phenoxy) is 1. The number of carbonyl (C=O) groups is 3. The van der Waals surface area contributed by atoms with E-state index in [2.05, 4.69) is 34.5 Å². The SMILES string of the molecule is C=CCN1C(=O)/C(=C/c2ccc(OCc3ccc(C(=O)O)cc3)c(I)c2)C(=O)NC1=S. The Balaban J connectivity index is 1.74. The van der Waals surface area contributed by atoms with E-state index in [9.17, 15) is 14.4 Å². The predicted octanol–water partition coefficient (Wildman–Crippen LogP) is 3.38. The van der Waals surface area contributed by atoms with Crippen LogP contribution in [0.25, 0.3) is 6.08 Å². The lowest BCUT2D eigenvalue weighted by molar-refractivity contribution is -0.128. The van der Waals surface area contributed by atoms with Crippen molar-refractivity contribution in [3.05, 3.63) is 81.0 Å². The molecule has 9 heteroatoms. The smallest absolute Gasteiger partial charge is 0.335 e. The molecule has 1 aliphatic rings. The van der Waals surface area contributed by atoms with Gasteiger partial charge in [-0.15, -0.1) is 6.58 Å². The van der Waals surface area contributed by atoms with Gasteiger partial charge < -0.3 is 9.84 Å². The third kappa shape index (κ3) is 5.36. The summed E-state index contributed by atoms with van der Waals surface area (Å²) in [4.78, 5) is 37.1. The second kappa shape index (κ2) is 9.84. The van der Waals surface area contributed by atoms with Crippen molar-refractivity contribution in [2.75, 3.05) is 6.54 Å². The Morgan fingerprint density at radius 3 is 2.55 bits per heavy atom. The number of halogens is 1. The number of nitrogens with zero attached hydrogens (tertiary/aromatic N) is 1. The van der Waals surface area contributed by atoms with Gasteiger partial charge in [0.15, 0.2) is 5.11 Å².